The van der Waals surface area contributed by atoms with Crippen LogP contribution in [-0.2, 0) is 11.3 Å². The summed E-state index contributed by atoms with van der Waals surface area (Å²) in [5, 5.41) is 9.61. The molecule has 1 aromatic carbocycles. The fraction of sp³-hybridized carbons (Fsp3) is 0.600. The Balaban J connectivity index is 1.92. The molecular formula is C20H33N5O. The van der Waals surface area contributed by atoms with Crippen LogP contribution in [0, 0.1) is 5.92 Å². The lowest BCUT2D eigenvalue weighted by atomic mass is 10.0. The van der Waals surface area contributed by atoms with Gasteiger partial charge in [-0.2, -0.15) is 0 Å². The molecule has 26 heavy (non-hydrogen) atoms. The summed E-state index contributed by atoms with van der Waals surface area (Å²) in [6.07, 6.45) is 2.36. The molecule has 1 amide bonds. The Bertz CT molecular complexity index is 580. The monoisotopic (exact) mass is 359 g/mol. The van der Waals surface area contributed by atoms with E-state index in [-0.39, 0.29) is 5.91 Å². The molecule has 0 saturated carbocycles. The molecule has 0 unspecified atom stereocenters. The Labute approximate surface area is 157 Å². The van der Waals surface area contributed by atoms with Gasteiger partial charge in [-0.1, -0.05) is 38.8 Å². The molecule has 3 N–H and O–H groups in total. The molecule has 0 radical (unpaired) electrons. The van der Waals surface area contributed by atoms with Crippen LogP contribution in [0.25, 0.3) is 0 Å². The number of aliphatic imine (C=N–C) groups is 1. The van der Waals surface area contributed by atoms with Crippen molar-refractivity contribution in [2.24, 2.45) is 10.9 Å². The number of rotatable bonds is 8. The first-order valence-electron chi connectivity index (χ1n) is 9.79. The summed E-state index contributed by atoms with van der Waals surface area (Å²) < 4.78 is 0. The largest absolute Gasteiger partial charge is 0.360 e. The molecule has 1 saturated heterocycles. The van der Waals surface area contributed by atoms with E-state index in [4.69, 9.17) is 4.99 Å². The molecule has 1 fully saturated rings. The van der Waals surface area contributed by atoms with Crippen molar-refractivity contribution in [3.8, 4) is 0 Å². The lowest BCUT2D eigenvalue weighted by molar-refractivity contribution is -0.120. The summed E-state index contributed by atoms with van der Waals surface area (Å²) >= 11 is 0. The van der Waals surface area contributed by atoms with Gasteiger partial charge < -0.3 is 20.9 Å². The lowest BCUT2D eigenvalue weighted by Gasteiger charge is -2.28. The maximum Gasteiger partial charge on any atom is 0.239 e. The Morgan fingerprint density at radius 2 is 1.92 bits per heavy atom. The van der Waals surface area contributed by atoms with Gasteiger partial charge in [0.2, 0.25) is 5.91 Å². The number of guanidine groups is 1. The average Bonchev–Trinajstić information content (AvgIpc) is 2.67. The van der Waals surface area contributed by atoms with Crippen LogP contribution in [0.4, 0.5) is 5.69 Å². The minimum absolute atomic E-state index is 0.0868. The van der Waals surface area contributed by atoms with Crippen LogP contribution in [-0.4, -0.2) is 44.6 Å². The summed E-state index contributed by atoms with van der Waals surface area (Å²) in [7, 11) is 0. The molecule has 1 aliphatic rings. The van der Waals surface area contributed by atoms with Crippen LogP contribution < -0.4 is 20.9 Å². The third-order valence-corrected chi connectivity index (χ3v) is 4.82. The van der Waals surface area contributed by atoms with Crippen molar-refractivity contribution in [2.75, 3.05) is 37.6 Å². The number of amides is 1. The van der Waals surface area contributed by atoms with Crippen molar-refractivity contribution in [3.05, 3.63) is 29.8 Å². The van der Waals surface area contributed by atoms with Gasteiger partial charge in [-0.05, 0) is 30.5 Å². The van der Waals surface area contributed by atoms with Crippen LogP contribution in [0.3, 0.4) is 0 Å². The van der Waals surface area contributed by atoms with Crippen molar-refractivity contribution in [1.29, 1.82) is 0 Å². The number of hydrogen-bond acceptors (Lipinski definition) is 3. The molecule has 0 aromatic heterocycles. The zero-order valence-corrected chi connectivity index (χ0v) is 16.3. The minimum atomic E-state index is 0.0868. The number of anilines is 1. The van der Waals surface area contributed by atoms with Crippen LogP contribution in [0.1, 0.15) is 39.2 Å². The Hall–Kier alpha value is -2.24. The maximum atomic E-state index is 11.5. The van der Waals surface area contributed by atoms with E-state index in [0.717, 1.165) is 36.8 Å². The van der Waals surface area contributed by atoms with Gasteiger partial charge >= 0.3 is 0 Å². The van der Waals surface area contributed by atoms with Gasteiger partial charge in [0.15, 0.2) is 5.96 Å². The quantitative estimate of drug-likeness (QED) is 0.491. The molecule has 1 heterocycles. The standard InChI is InChI=1S/C20H33N5O/c1-4-16(5-2)13-23-20(21-6-3)24-14-17-7-9-18(10-8-17)25-12-11-22-19(26)15-25/h7-10,16H,4-6,11-15H2,1-3H3,(H,22,26)(H2,21,23,24). The highest BCUT2D eigenvalue weighted by molar-refractivity contribution is 5.82. The van der Waals surface area contributed by atoms with Gasteiger partial charge in [-0.25, -0.2) is 4.99 Å². The normalized spacial score (nSPS) is 15.2. The van der Waals surface area contributed by atoms with Crippen LogP contribution in [0.5, 0.6) is 0 Å². The SMILES string of the molecule is CCNC(=NCc1ccc(N2CCNC(=O)C2)cc1)NCC(CC)CC. The summed E-state index contributed by atoms with van der Waals surface area (Å²) in [5.74, 6) is 1.64. The fourth-order valence-corrected chi connectivity index (χ4v) is 3.00. The Morgan fingerprint density at radius 1 is 1.19 bits per heavy atom. The molecule has 144 valence electrons. The minimum Gasteiger partial charge on any atom is -0.360 e. The number of nitrogens with zero attached hydrogens (tertiary/aromatic N) is 2. The van der Waals surface area contributed by atoms with Gasteiger partial charge in [0, 0.05) is 31.9 Å². The second kappa shape index (κ2) is 10.7. The van der Waals surface area contributed by atoms with Gasteiger partial charge in [-0.15, -0.1) is 0 Å². The van der Waals surface area contributed by atoms with E-state index in [1.807, 2.05) is 0 Å². The zero-order chi connectivity index (χ0) is 18.8. The van der Waals surface area contributed by atoms with E-state index in [1.54, 1.807) is 0 Å². The van der Waals surface area contributed by atoms with Gasteiger partial charge in [-0.3, -0.25) is 4.79 Å². The van der Waals surface area contributed by atoms with Crippen LogP contribution in [0.2, 0.25) is 0 Å². The van der Waals surface area contributed by atoms with E-state index >= 15 is 0 Å². The number of carbonyl (C=O) groups is 1. The number of nitrogens with one attached hydrogen (secondary N) is 3. The summed E-state index contributed by atoms with van der Waals surface area (Å²) in [4.78, 5) is 18.3. The summed E-state index contributed by atoms with van der Waals surface area (Å²) in [6, 6.07) is 8.34. The van der Waals surface area contributed by atoms with Crippen molar-refractivity contribution < 1.29 is 4.79 Å². The third-order valence-electron chi connectivity index (χ3n) is 4.82. The number of carbonyl (C=O) groups excluding carboxylic acids is 1. The van der Waals surface area contributed by atoms with E-state index in [1.165, 1.54) is 12.8 Å². The highest BCUT2D eigenvalue weighted by atomic mass is 16.2. The molecular weight excluding hydrogens is 326 g/mol. The highest BCUT2D eigenvalue weighted by Crippen LogP contribution is 2.16. The van der Waals surface area contributed by atoms with E-state index in [9.17, 15) is 4.79 Å². The van der Waals surface area contributed by atoms with E-state index in [0.29, 0.717) is 25.6 Å². The first-order chi connectivity index (χ1) is 12.7. The molecule has 1 aromatic rings. The fourth-order valence-electron chi connectivity index (χ4n) is 3.00. The zero-order valence-electron chi connectivity index (χ0n) is 16.3. The van der Waals surface area contributed by atoms with Crippen molar-refractivity contribution >= 4 is 17.6 Å². The van der Waals surface area contributed by atoms with Gasteiger partial charge in [0.05, 0.1) is 13.1 Å². The third kappa shape index (κ3) is 6.24. The Morgan fingerprint density at radius 3 is 2.54 bits per heavy atom. The predicted molar refractivity (Wildman–Crippen MR) is 109 cm³/mol. The average molecular weight is 360 g/mol. The molecule has 0 spiro atoms. The van der Waals surface area contributed by atoms with Crippen molar-refractivity contribution in [1.82, 2.24) is 16.0 Å². The lowest BCUT2D eigenvalue weighted by Crippen LogP contribution is -2.47. The first-order valence-corrected chi connectivity index (χ1v) is 9.79. The summed E-state index contributed by atoms with van der Waals surface area (Å²) in [6.45, 7) is 11.0. The molecule has 6 nitrogen and oxygen atoms in total. The van der Waals surface area contributed by atoms with E-state index in [2.05, 4.69) is 65.9 Å². The molecule has 2 rings (SSSR count). The first kappa shape index (κ1) is 20.1. The number of piperazine rings is 1. The van der Waals surface area contributed by atoms with Crippen molar-refractivity contribution in [2.45, 2.75) is 40.2 Å². The highest BCUT2D eigenvalue weighted by Gasteiger charge is 2.16. The smallest absolute Gasteiger partial charge is 0.239 e. The van der Waals surface area contributed by atoms with Crippen molar-refractivity contribution in [3.63, 3.8) is 0 Å². The van der Waals surface area contributed by atoms with Gasteiger partial charge in [0.25, 0.3) is 0 Å². The molecule has 0 bridgehead atoms. The van der Waals surface area contributed by atoms with Crippen LogP contribution >= 0.6 is 0 Å². The second-order valence-electron chi connectivity index (χ2n) is 6.70. The number of benzene rings is 1. The topological polar surface area (TPSA) is 68.8 Å². The van der Waals surface area contributed by atoms with E-state index < -0.39 is 0 Å². The second-order valence-corrected chi connectivity index (χ2v) is 6.70. The Kier molecular flexibility index (Phi) is 8.25. The maximum absolute atomic E-state index is 11.5. The van der Waals surface area contributed by atoms with Gasteiger partial charge in [0.1, 0.15) is 0 Å². The molecule has 1 aliphatic heterocycles. The molecule has 6 heteroatoms. The molecule has 0 aliphatic carbocycles. The number of hydrogen-bond donors (Lipinski definition) is 3. The van der Waals surface area contributed by atoms with Crippen LogP contribution in [0.15, 0.2) is 29.3 Å². The summed E-state index contributed by atoms with van der Waals surface area (Å²) in [5.41, 5.74) is 2.25. The molecule has 0 atom stereocenters. The predicted octanol–water partition coefficient (Wildman–Crippen LogP) is 2.11.